The first kappa shape index (κ1) is 39.8. The molecule has 0 atom stereocenters. The quantitative estimate of drug-likeness (QED) is 0.0773. The second-order valence-electron chi connectivity index (χ2n) is 9.57. The molecule has 0 aliphatic rings. The minimum Gasteiger partial charge on any atom is -0.378 e. The van der Waals surface area contributed by atoms with Gasteiger partial charge in [0.15, 0.2) is 5.78 Å². The molecule has 0 aliphatic heterocycles. The molecule has 0 aliphatic carbocycles. The molecule has 0 unspecified atom stereocenters. The zero-order chi connectivity index (χ0) is 31.3. The first-order chi connectivity index (χ1) is 20.3. The van der Waals surface area contributed by atoms with E-state index in [0.717, 1.165) is 19.4 Å². The Morgan fingerprint density at radius 3 is 1.21 bits per heavy atom. The minimum atomic E-state index is -0.353. The van der Waals surface area contributed by atoms with Crippen LogP contribution in [0.4, 0.5) is 0 Å². The molecule has 3 amide bonds. The van der Waals surface area contributed by atoms with E-state index in [4.69, 9.17) is 28.4 Å². The smallest absolute Gasteiger partial charge is 0.246 e. The van der Waals surface area contributed by atoms with Crippen molar-refractivity contribution in [3.8, 4) is 0 Å². The van der Waals surface area contributed by atoms with E-state index >= 15 is 0 Å². The van der Waals surface area contributed by atoms with Crippen molar-refractivity contribution in [2.24, 2.45) is 5.92 Å². The van der Waals surface area contributed by atoms with Crippen molar-refractivity contribution in [3.05, 3.63) is 0 Å². The molecule has 0 rings (SSSR count). The van der Waals surface area contributed by atoms with Crippen LogP contribution in [0.2, 0.25) is 0 Å². The Labute approximate surface area is 250 Å². The molecule has 4 N–H and O–H groups in total. The van der Waals surface area contributed by atoms with Crippen molar-refractivity contribution in [2.75, 3.05) is 105 Å². The number of hydrogen-bond donors (Lipinski definition) is 4. The van der Waals surface area contributed by atoms with Crippen LogP contribution in [0.15, 0.2) is 0 Å². The molecule has 0 bridgehead atoms. The fourth-order valence-corrected chi connectivity index (χ4v) is 3.35. The maximum absolute atomic E-state index is 11.9. The molecule has 0 aromatic carbocycles. The highest BCUT2D eigenvalue weighted by atomic mass is 16.5. The normalized spacial score (nSPS) is 11.2. The van der Waals surface area contributed by atoms with Crippen LogP contribution in [0.3, 0.4) is 0 Å². The fourth-order valence-electron chi connectivity index (χ4n) is 3.35. The van der Waals surface area contributed by atoms with Gasteiger partial charge in [0.25, 0.3) is 0 Å². The van der Waals surface area contributed by atoms with Crippen LogP contribution in [-0.2, 0) is 47.6 Å². The van der Waals surface area contributed by atoms with E-state index in [1.807, 2.05) is 13.8 Å². The number of hydrogen-bond acceptors (Lipinski definition) is 11. The third-order valence-corrected chi connectivity index (χ3v) is 5.63. The molecule has 0 saturated carbocycles. The second-order valence-corrected chi connectivity index (χ2v) is 9.57. The van der Waals surface area contributed by atoms with Gasteiger partial charge in [-0.3, -0.25) is 19.2 Å². The second kappa shape index (κ2) is 28.9. The summed E-state index contributed by atoms with van der Waals surface area (Å²) in [5.74, 6) is -0.989. The van der Waals surface area contributed by atoms with E-state index in [0.29, 0.717) is 78.5 Å². The van der Waals surface area contributed by atoms with Crippen molar-refractivity contribution in [3.63, 3.8) is 0 Å². The van der Waals surface area contributed by atoms with Crippen molar-refractivity contribution in [1.82, 2.24) is 21.3 Å². The van der Waals surface area contributed by atoms with Gasteiger partial charge in [-0.1, -0.05) is 27.7 Å². The molecular formula is C28H54N4O10. The Balaban J connectivity index is 3.44. The van der Waals surface area contributed by atoms with E-state index in [9.17, 15) is 19.2 Å². The molecule has 0 fully saturated rings. The fraction of sp³-hybridized carbons (Fsp3) is 0.857. The summed E-state index contributed by atoms with van der Waals surface area (Å²) in [4.78, 5) is 47.1. The highest BCUT2D eigenvalue weighted by molar-refractivity contribution is 5.83. The zero-order valence-corrected chi connectivity index (χ0v) is 26.0. The summed E-state index contributed by atoms with van der Waals surface area (Å²) in [6.45, 7) is 12.3. The average molecular weight is 607 g/mol. The van der Waals surface area contributed by atoms with E-state index < -0.39 is 0 Å². The van der Waals surface area contributed by atoms with Gasteiger partial charge in [-0.05, 0) is 12.8 Å². The van der Waals surface area contributed by atoms with E-state index in [2.05, 4.69) is 35.1 Å². The number of Topliss-reactive ketones (excluding diaryl/α,β-unsaturated/α-hetero) is 1. The van der Waals surface area contributed by atoms with Crippen LogP contribution < -0.4 is 21.3 Å². The van der Waals surface area contributed by atoms with Crippen molar-refractivity contribution >= 4 is 23.5 Å². The summed E-state index contributed by atoms with van der Waals surface area (Å²) >= 11 is 0. The first-order valence-electron chi connectivity index (χ1n) is 14.8. The third kappa shape index (κ3) is 26.7. The molecule has 0 saturated heterocycles. The third-order valence-electron chi connectivity index (χ3n) is 5.63. The lowest BCUT2D eigenvalue weighted by Crippen LogP contribution is -2.34. The standard InChI is InChI=1S/C28H54N4O10/c1-5-24(6-2)25(33)19-41-20-26(34)30-8-12-39-17-18-40-14-10-32-28(36)22-42-21-27(35)31-9-13-38-16-15-37-11-7-29-23(3)4/h23-24,29H,5-22H2,1-4H3,(H,30,34)(H,31,35)(H,32,36). The number of ketones is 1. The number of carbonyl (C=O) groups is 4. The van der Waals surface area contributed by atoms with Gasteiger partial charge in [0.05, 0.1) is 52.9 Å². The van der Waals surface area contributed by atoms with Crippen LogP contribution in [0.1, 0.15) is 40.5 Å². The predicted molar refractivity (Wildman–Crippen MR) is 156 cm³/mol. The largest absolute Gasteiger partial charge is 0.378 e. The lowest BCUT2D eigenvalue weighted by Gasteiger charge is -2.11. The van der Waals surface area contributed by atoms with Crippen molar-refractivity contribution in [1.29, 1.82) is 0 Å². The molecule has 246 valence electrons. The Bertz CT molecular complexity index is 708. The number of amides is 3. The monoisotopic (exact) mass is 606 g/mol. The van der Waals surface area contributed by atoms with Crippen LogP contribution in [0, 0.1) is 5.92 Å². The van der Waals surface area contributed by atoms with Gasteiger partial charge < -0.3 is 49.7 Å². The van der Waals surface area contributed by atoms with E-state index in [1.165, 1.54) is 0 Å². The van der Waals surface area contributed by atoms with Gasteiger partial charge in [0.1, 0.15) is 26.4 Å². The molecule has 0 aromatic heterocycles. The Morgan fingerprint density at radius 2 is 0.857 bits per heavy atom. The zero-order valence-electron chi connectivity index (χ0n) is 26.0. The maximum atomic E-state index is 11.9. The van der Waals surface area contributed by atoms with E-state index in [-0.39, 0.29) is 55.9 Å². The molecule has 0 aromatic rings. The number of nitrogens with one attached hydrogen (secondary N) is 4. The lowest BCUT2D eigenvalue weighted by molar-refractivity contribution is -0.133. The Kier molecular flexibility index (Phi) is 27.4. The van der Waals surface area contributed by atoms with E-state index in [1.54, 1.807) is 0 Å². The van der Waals surface area contributed by atoms with Gasteiger partial charge in [0.2, 0.25) is 17.7 Å². The van der Waals surface area contributed by atoms with Crippen LogP contribution >= 0.6 is 0 Å². The summed E-state index contributed by atoms with van der Waals surface area (Å²) in [6, 6.07) is 0.432. The molecule has 42 heavy (non-hydrogen) atoms. The molecule has 0 heterocycles. The summed E-state index contributed by atoms with van der Waals surface area (Å²) in [6.07, 6.45) is 1.54. The van der Waals surface area contributed by atoms with Crippen LogP contribution in [0.25, 0.3) is 0 Å². The predicted octanol–water partition coefficient (Wildman–Crippen LogP) is -0.562. The minimum absolute atomic E-state index is 0.0185. The molecule has 14 nitrogen and oxygen atoms in total. The summed E-state index contributed by atoms with van der Waals surface area (Å²) < 4.78 is 31.8. The summed E-state index contributed by atoms with van der Waals surface area (Å²) in [5.41, 5.74) is 0. The molecule has 0 radical (unpaired) electrons. The van der Waals surface area contributed by atoms with Gasteiger partial charge in [-0.2, -0.15) is 0 Å². The number of ether oxygens (including phenoxy) is 6. The topological polar surface area (TPSA) is 172 Å². The Hall–Kier alpha value is -2.20. The van der Waals surface area contributed by atoms with Crippen LogP contribution in [0.5, 0.6) is 0 Å². The average Bonchev–Trinajstić information content (AvgIpc) is 2.95. The molecule has 14 heteroatoms. The number of rotatable bonds is 30. The van der Waals surface area contributed by atoms with Gasteiger partial charge >= 0.3 is 0 Å². The summed E-state index contributed by atoms with van der Waals surface area (Å²) in [5, 5.41) is 11.2. The Morgan fingerprint density at radius 1 is 0.500 bits per heavy atom. The first-order valence-corrected chi connectivity index (χ1v) is 14.8. The number of carbonyl (C=O) groups excluding carboxylic acids is 4. The SMILES string of the molecule is CCC(CC)C(=O)COCC(=O)NCCOCCOCCNC(=O)COCC(=O)NCCOCCOCCNC(C)C. The lowest BCUT2D eigenvalue weighted by atomic mass is 9.99. The summed E-state index contributed by atoms with van der Waals surface area (Å²) in [7, 11) is 0. The van der Waals surface area contributed by atoms with Crippen molar-refractivity contribution < 1.29 is 47.6 Å². The highest BCUT2D eigenvalue weighted by Crippen LogP contribution is 2.08. The van der Waals surface area contributed by atoms with Gasteiger partial charge in [-0.15, -0.1) is 0 Å². The molecular weight excluding hydrogens is 552 g/mol. The maximum Gasteiger partial charge on any atom is 0.246 e. The van der Waals surface area contributed by atoms with Gasteiger partial charge in [0, 0.05) is 38.1 Å². The van der Waals surface area contributed by atoms with Gasteiger partial charge in [-0.25, -0.2) is 0 Å². The van der Waals surface area contributed by atoms with Crippen molar-refractivity contribution in [2.45, 2.75) is 46.6 Å². The van der Waals surface area contributed by atoms with Crippen LogP contribution in [-0.4, -0.2) is 135 Å². The highest BCUT2D eigenvalue weighted by Gasteiger charge is 2.14. The molecule has 0 spiro atoms.